The van der Waals surface area contributed by atoms with Crippen molar-refractivity contribution in [3.8, 4) is 0 Å². The van der Waals surface area contributed by atoms with E-state index in [-0.39, 0.29) is 44.0 Å². The zero-order valence-corrected chi connectivity index (χ0v) is 47.7. The fourth-order valence-electron chi connectivity index (χ4n) is 7.32. The summed E-state index contributed by atoms with van der Waals surface area (Å²) < 4.78 is 16.8. The van der Waals surface area contributed by atoms with E-state index >= 15 is 0 Å². The number of hydrogen-bond donors (Lipinski definition) is 0. The molecular weight excluding hydrogens is 925 g/mol. The second-order valence-corrected chi connectivity index (χ2v) is 18.8. The molecule has 0 aromatic rings. The minimum absolute atomic E-state index is 0.118. The van der Waals surface area contributed by atoms with Gasteiger partial charge >= 0.3 is 17.9 Å². The number of allylic oxidation sites excluding steroid dienone is 28. The molecule has 0 saturated carbocycles. The molecule has 75 heavy (non-hydrogen) atoms. The Hall–Kier alpha value is -5.23. The van der Waals surface area contributed by atoms with Crippen LogP contribution in [0.1, 0.15) is 226 Å². The molecule has 0 fully saturated rings. The van der Waals surface area contributed by atoms with Crippen LogP contribution in [0.3, 0.4) is 0 Å². The molecule has 0 aliphatic carbocycles. The fraction of sp³-hybridized carbons (Fsp3) is 0.551. The summed E-state index contributed by atoms with van der Waals surface area (Å²) >= 11 is 0. The minimum Gasteiger partial charge on any atom is -0.462 e. The quantitative estimate of drug-likeness (QED) is 0.0261. The highest BCUT2D eigenvalue weighted by Crippen LogP contribution is 2.12. The SMILES string of the molecule is CC/C=C\C/C=C\C/C=C\C/C=C\C/C=C\C/C=C\C/C=C\C/C=C\C/C=C\CCCC(=O)OCC(COC(=O)CCCCCCC/C=C\C/C=C\CCC)OC(=O)CCCCCCC/C=C\C/C=C\C/C=C\CC. The summed E-state index contributed by atoms with van der Waals surface area (Å²) in [6.07, 6.45) is 90.7. The van der Waals surface area contributed by atoms with Gasteiger partial charge in [-0.3, -0.25) is 14.4 Å². The van der Waals surface area contributed by atoms with Gasteiger partial charge in [-0.1, -0.05) is 236 Å². The Kier molecular flexibility index (Phi) is 57.0. The van der Waals surface area contributed by atoms with Gasteiger partial charge in [-0.15, -0.1) is 0 Å². The highest BCUT2D eigenvalue weighted by molar-refractivity contribution is 5.71. The first-order valence-corrected chi connectivity index (χ1v) is 29.6. The minimum atomic E-state index is -0.826. The Morgan fingerprint density at radius 3 is 0.867 bits per heavy atom. The van der Waals surface area contributed by atoms with Crippen molar-refractivity contribution in [2.75, 3.05) is 13.2 Å². The molecule has 0 heterocycles. The lowest BCUT2D eigenvalue weighted by Crippen LogP contribution is -2.30. The van der Waals surface area contributed by atoms with Crippen LogP contribution in [-0.4, -0.2) is 37.2 Å². The monoisotopic (exact) mass is 1030 g/mol. The van der Waals surface area contributed by atoms with Gasteiger partial charge in [-0.25, -0.2) is 0 Å². The Morgan fingerprint density at radius 1 is 0.280 bits per heavy atom. The van der Waals surface area contributed by atoms with Gasteiger partial charge in [-0.2, -0.15) is 0 Å². The van der Waals surface area contributed by atoms with E-state index in [9.17, 15) is 14.4 Å². The molecule has 0 aromatic carbocycles. The number of unbranched alkanes of at least 4 members (excludes halogenated alkanes) is 12. The maximum atomic E-state index is 12.8. The molecule has 0 aliphatic rings. The predicted molar refractivity (Wildman–Crippen MR) is 325 cm³/mol. The Bertz CT molecular complexity index is 1750. The van der Waals surface area contributed by atoms with Crippen molar-refractivity contribution in [1.29, 1.82) is 0 Å². The molecule has 0 spiro atoms. The molecule has 0 rings (SSSR count). The summed E-state index contributed by atoms with van der Waals surface area (Å²) in [7, 11) is 0. The highest BCUT2D eigenvalue weighted by Gasteiger charge is 2.19. The van der Waals surface area contributed by atoms with Gasteiger partial charge in [-0.05, 0) is 141 Å². The average molecular weight is 1030 g/mol. The van der Waals surface area contributed by atoms with Gasteiger partial charge in [0.1, 0.15) is 13.2 Å². The van der Waals surface area contributed by atoms with Crippen LogP contribution in [0, 0.1) is 0 Å². The Labute approximate surface area is 460 Å². The third-order valence-corrected chi connectivity index (χ3v) is 11.7. The average Bonchev–Trinajstić information content (AvgIpc) is 3.41. The van der Waals surface area contributed by atoms with Crippen molar-refractivity contribution in [2.24, 2.45) is 0 Å². The molecule has 0 bridgehead atoms. The maximum absolute atomic E-state index is 12.8. The lowest BCUT2D eigenvalue weighted by Gasteiger charge is -2.18. The van der Waals surface area contributed by atoms with E-state index in [2.05, 4.69) is 191 Å². The summed E-state index contributed by atoms with van der Waals surface area (Å²) in [4.78, 5) is 38.1. The zero-order chi connectivity index (χ0) is 54.3. The highest BCUT2D eigenvalue weighted by atomic mass is 16.6. The molecule has 1 unspecified atom stereocenters. The molecule has 0 saturated heterocycles. The van der Waals surface area contributed by atoms with Crippen LogP contribution in [0.5, 0.6) is 0 Å². The third-order valence-electron chi connectivity index (χ3n) is 11.7. The lowest BCUT2D eigenvalue weighted by atomic mass is 10.1. The standard InChI is InChI=1S/C69H106O6/c1-4-7-10-13-16-19-22-25-27-28-29-30-31-32-33-34-35-36-37-38-39-40-42-44-47-50-53-56-59-62-68(71)74-65-66(64-73-67(70)61-58-55-52-49-46-43-24-21-18-15-12-9-6-3)75-69(72)63-60-57-54-51-48-45-41-26-23-20-17-14-11-8-5-2/h7-8,10-12,15-17,19-21,24-27,29-30,32-33,35-36,38-39,41-42,44,50,53,66H,4-6,9,13-14,18,22-23,28,31,34,37,40,43,45-49,51-52,54-65H2,1-3H3/b10-7-,11-8-,15-12-,19-16-,20-17-,24-21-,27-25-,30-29-,33-32-,36-35-,39-38-,41-26-,44-42-,53-50-. The number of rotatable bonds is 51. The number of hydrogen-bond acceptors (Lipinski definition) is 6. The van der Waals surface area contributed by atoms with Crippen LogP contribution < -0.4 is 0 Å². The molecule has 6 nitrogen and oxygen atoms in total. The molecule has 0 aliphatic heterocycles. The van der Waals surface area contributed by atoms with Gasteiger partial charge in [0, 0.05) is 19.3 Å². The zero-order valence-electron chi connectivity index (χ0n) is 47.7. The summed E-state index contributed by atoms with van der Waals surface area (Å²) in [6.45, 7) is 6.25. The van der Waals surface area contributed by atoms with Crippen molar-refractivity contribution < 1.29 is 28.6 Å². The van der Waals surface area contributed by atoms with Gasteiger partial charge < -0.3 is 14.2 Å². The molecule has 0 aromatic heterocycles. The molecule has 0 amide bonds. The third kappa shape index (κ3) is 59.5. The van der Waals surface area contributed by atoms with Crippen LogP contribution in [0.25, 0.3) is 0 Å². The molecule has 0 radical (unpaired) electrons. The summed E-state index contributed by atoms with van der Waals surface area (Å²) in [6, 6.07) is 0. The number of carbonyl (C=O) groups is 3. The summed E-state index contributed by atoms with van der Waals surface area (Å²) in [5.74, 6) is -1.02. The van der Waals surface area contributed by atoms with E-state index < -0.39 is 6.10 Å². The predicted octanol–water partition coefficient (Wildman–Crippen LogP) is 20.3. The molecular formula is C69H106O6. The van der Waals surface area contributed by atoms with Gasteiger partial charge in [0.25, 0.3) is 0 Å². The first-order chi connectivity index (χ1) is 37.0. The normalized spacial score (nSPS) is 13.4. The van der Waals surface area contributed by atoms with Crippen molar-refractivity contribution in [2.45, 2.75) is 232 Å². The van der Waals surface area contributed by atoms with E-state index in [0.29, 0.717) is 12.8 Å². The molecule has 418 valence electrons. The van der Waals surface area contributed by atoms with Crippen molar-refractivity contribution in [3.05, 3.63) is 170 Å². The lowest BCUT2D eigenvalue weighted by molar-refractivity contribution is -0.167. The largest absolute Gasteiger partial charge is 0.462 e. The van der Waals surface area contributed by atoms with E-state index in [0.717, 1.165) is 173 Å². The summed E-state index contributed by atoms with van der Waals surface area (Å²) in [5.41, 5.74) is 0. The molecule has 6 heteroatoms. The van der Waals surface area contributed by atoms with Gasteiger partial charge in [0.15, 0.2) is 6.10 Å². The number of carbonyl (C=O) groups excluding carboxylic acids is 3. The van der Waals surface area contributed by atoms with Crippen LogP contribution >= 0.6 is 0 Å². The Morgan fingerprint density at radius 2 is 0.533 bits per heavy atom. The van der Waals surface area contributed by atoms with Gasteiger partial charge in [0.05, 0.1) is 0 Å². The fourth-order valence-corrected chi connectivity index (χ4v) is 7.32. The first-order valence-electron chi connectivity index (χ1n) is 29.6. The molecule has 0 N–H and O–H groups in total. The van der Waals surface area contributed by atoms with Crippen LogP contribution in [0.4, 0.5) is 0 Å². The van der Waals surface area contributed by atoms with Gasteiger partial charge in [0.2, 0.25) is 0 Å². The summed E-state index contributed by atoms with van der Waals surface area (Å²) in [5, 5.41) is 0. The van der Waals surface area contributed by atoms with E-state index in [1.165, 1.54) is 6.42 Å². The van der Waals surface area contributed by atoms with E-state index in [1.807, 2.05) is 0 Å². The van der Waals surface area contributed by atoms with Crippen LogP contribution in [0.15, 0.2) is 170 Å². The topological polar surface area (TPSA) is 78.9 Å². The smallest absolute Gasteiger partial charge is 0.306 e. The molecule has 1 atom stereocenters. The van der Waals surface area contributed by atoms with Crippen LogP contribution in [-0.2, 0) is 28.6 Å². The van der Waals surface area contributed by atoms with Crippen LogP contribution in [0.2, 0.25) is 0 Å². The number of ether oxygens (including phenoxy) is 3. The Balaban J connectivity index is 4.48. The van der Waals surface area contributed by atoms with E-state index in [1.54, 1.807) is 0 Å². The van der Waals surface area contributed by atoms with Crippen molar-refractivity contribution in [3.63, 3.8) is 0 Å². The van der Waals surface area contributed by atoms with Crippen molar-refractivity contribution >= 4 is 17.9 Å². The van der Waals surface area contributed by atoms with Crippen molar-refractivity contribution in [1.82, 2.24) is 0 Å². The number of esters is 3. The van der Waals surface area contributed by atoms with E-state index in [4.69, 9.17) is 14.2 Å². The second-order valence-electron chi connectivity index (χ2n) is 18.8. The first kappa shape index (κ1) is 69.8. The maximum Gasteiger partial charge on any atom is 0.306 e. The second kappa shape index (κ2) is 61.3.